The second kappa shape index (κ2) is 6.50. The average molecular weight is 333 g/mol. The third-order valence-electron chi connectivity index (χ3n) is 3.77. The zero-order valence-corrected chi connectivity index (χ0v) is 13.7. The predicted octanol–water partition coefficient (Wildman–Crippen LogP) is 4.15. The molecule has 0 aliphatic carbocycles. The van der Waals surface area contributed by atoms with Crippen LogP contribution >= 0.6 is 11.6 Å². The molecular formula is C18H17ClO4. The van der Waals surface area contributed by atoms with E-state index in [1.54, 1.807) is 19.1 Å². The molecule has 0 aromatic heterocycles. The van der Waals surface area contributed by atoms with Crippen molar-refractivity contribution in [1.29, 1.82) is 0 Å². The maximum Gasteiger partial charge on any atom is 0.389 e. The second-order valence-electron chi connectivity index (χ2n) is 5.26. The van der Waals surface area contributed by atoms with Crippen molar-refractivity contribution < 1.29 is 19.0 Å². The Morgan fingerprint density at radius 3 is 2.57 bits per heavy atom. The average Bonchev–Trinajstić information content (AvgIpc) is 2.54. The van der Waals surface area contributed by atoms with Crippen LogP contribution in [0.4, 0.5) is 0 Å². The van der Waals surface area contributed by atoms with Crippen molar-refractivity contribution in [3.63, 3.8) is 0 Å². The van der Waals surface area contributed by atoms with Gasteiger partial charge in [-0.3, -0.25) is 0 Å². The molecule has 0 amide bonds. The topological polar surface area (TPSA) is 44.8 Å². The smallest absolute Gasteiger partial charge is 0.389 e. The van der Waals surface area contributed by atoms with E-state index < -0.39 is 12.3 Å². The molecule has 2 atom stereocenters. The SMILES string of the molecule is CCOC(=O)[C@@H]1Oc2ccccc2[C@@H](C)c2cc(Cl)ccc2O1. The Morgan fingerprint density at radius 1 is 1.13 bits per heavy atom. The molecule has 23 heavy (non-hydrogen) atoms. The highest BCUT2D eigenvalue weighted by Crippen LogP contribution is 2.40. The number of hydrogen-bond donors (Lipinski definition) is 0. The minimum atomic E-state index is -1.15. The molecule has 0 spiro atoms. The lowest BCUT2D eigenvalue weighted by molar-refractivity contribution is -0.165. The van der Waals surface area contributed by atoms with Gasteiger partial charge in [-0.15, -0.1) is 0 Å². The van der Waals surface area contributed by atoms with Gasteiger partial charge in [0.2, 0.25) is 0 Å². The molecule has 0 bridgehead atoms. The van der Waals surface area contributed by atoms with Gasteiger partial charge in [0.05, 0.1) is 6.61 Å². The third-order valence-corrected chi connectivity index (χ3v) is 4.01. The van der Waals surface area contributed by atoms with Gasteiger partial charge in [-0.25, -0.2) is 4.79 Å². The monoisotopic (exact) mass is 332 g/mol. The molecule has 0 N–H and O–H groups in total. The Balaban J connectivity index is 2.10. The van der Waals surface area contributed by atoms with Crippen LogP contribution in [0.5, 0.6) is 11.5 Å². The van der Waals surface area contributed by atoms with Gasteiger partial charge in [0, 0.05) is 22.1 Å². The molecule has 120 valence electrons. The van der Waals surface area contributed by atoms with E-state index in [1.807, 2.05) is 37.3 Å². The molecule has 0 fully saturated rings. The lowest BCUT2D eigenvalue weighted by atomic mass is 9.91. The van der Waals surface area contributed by atoms with Gasteiger partial charge >= 0.3 is 12.3 Å². The van der Waals surface area contributed by atoms with E-state index in [9.17, 15) is 4.79 Å². The number of rotatable bonds is 2. The van der Waals surface area contributed by atoms with Crippen molar-refractivity contribution in [2.24, 2.45) is 0 Å². The number of carbonyl (C=O) groups excluding carboxylic acids is 1. The summed E-state index contributed by atoms with van der Waals surface area (Å²) in [7, 11) is 0. The van der Waals surface area contributed by atoms with Crippen molar-refractivity contribution in [3.8, 4) is 11.5 Å². The molecule has 5 heteroatoms. The summed E-state index contributed by atoms with van der Waals surface area (Å²) in [5, 5.41) is 0.617. The predicted molar refractivity (Wildman–Crippen MR) is 87.1 cm³/mol. The number of carbonyl (C=O) groups is 1. The van der Waals surface area contributed by atoms with Gasteiger partial charge < -0.3 is 14.2 Å². The number of esters is 1. The van der Waals surface area contributed by atoms with Crippen molar-refractivity contribution in [1.82, 2.24) is 0 Å². The number of ether oxygens (including phenoxy) is 3. The highest BCUT2D eigenvalue weighted by Gasteiger charge is 2.30. The van der Waals surface area contributed by atoms with Crippen LogP contribution in [0.25, 0.3) is 0 Å². The second-order valence-corrected chi connectivity index (χ2v) is 5.70. The summed E-state index contributed by atoms with van der Waals surface area (Å²) < 4.78 is 16.6. The molecule has 0 unspecified atom stereocenters. The Hall–Kier alpha value is -2.20. The lowest BCUT2D eigenvalue weighted by Gasteiger charge is -2.28. The molecule has 2 aromatic carbocycles. The maximum atomic E-state index is 12.1. The fourth-order valence-corrected chi connectivity index (χ4v) is 2.82. The van der Waals surface area contributed by atoms with Crippen LogP contribution in [0.3, 0.4) is 0 Å². The van der Waals surface area contributed by atoms with E-state index >= 15 is 0 Å². The summed E-state index contributed by atoms with van der Waals surface area (Å²) in [5.41, 5.74) is 1.87. The van der Waals surface area contributed by atoms with E-state index in [4.69, 9.17) is 25.8 Å². The van der Waals surface area contributed by atoms with E-state index in [-0.39, 0.29) is 12.5 Å². The molecule has 1 heterocycles. The van der Waals surface area contributed by atoms with Crippen molar-refractivity contribution in [2.45, 2.75) is 26.1 Å². The summed E-state index contributed by atoms with van der Waals surface area (Å²) >= 11 is 6.13. The number of para-hydroxylation sites is 1. The molecule has 4 nitrogen and oxygen atoms in total. The number of hydrogen-bond acceptors (Lipinski definition) is 4. The molecule has 2 aromatic rings. The van der Waals surface area contributed by atoms with E-state index in [0.29, 0.717) is 16.5 Å². The standard InChI is InChI=1S/C18H17ClO4/c1-3-21-17(20)18-22-15-7-5-4-6-13(15)11(2)14-10-12(19)8-9-16(14)23-18/h4-11,18H,3H2,1-2H3/t11-,18-/m1/s1. The maximum absolute atomic E-state index is 12.1. The van der Waals surface area contributed by atoms with Crippen molar-refractivity contribution >= 4 is 17.6 Å². The quantitative estimate of drug-likeness (QED) is 0.775. The Morgan fingerprint density at radius 2 is 1.83 bits per heavy atom. The zero-order chi connectivity index (χ0) is 16.4. The van der Waals surface area contributed by atoms with Crippen LogP contribution in [-0.4, -0.2) is 18.9 Å². The first-order valence-electron chi connectivity index (χ1n) is 7.48. The molecule has 3 rings (SSSR count). The van der Waals surface area contributed by atoms with E-state index in [0.717, 1.165) is 11.1 Å². The van der Waals surface area contributed by atoms with Crippen molar-refractivity contribution in [2.75, 3.05) is 6.61 Å². The lowest BCUT2D eigenvalue weighted by Crippen LogP contribution is -2.36. The summed E-state index contributed by atoms with van der Waals surface area (Å²) in [6.07, 6.45) is -1.15. The zero-order valence-electron chi connectivity index (χ0n) is 12.9. The van der Waals surface area contributed by atoms with Gasteiger partial charge in [0.25, 0.3) is 0 Å². The van der Waals surface area contributed by atoms with Gasteiger partial charge in [-0.05, 0) is 31.2 Å². The molecule has 0 saturated carbocycles. The van der Waals surface area contributed by atoms with Crippen LogP contribution in [0.15, 0.2) is 42.5 Å². The van der Waals surface area contributed by atoms with Crippen LogP contribution in [0.1, 0.15) is 30.9 Å². The van der Waals surface area contributed by atoms with Crippen molar-refractivity contribution in [3.05, 3.63) is 58.6 Å². The molecular weight excluding hydrogens is 316 g/mol. The highest BCUT2D eigenvalue weighted by molar-refractivity contribution is 6.30. The Labute approximate surface area is 139 Å². The largest absolute Gasteiger partial charge is 0.460 e. The fraction of sp³-hybridized carbons (Fsp3) is 0.278. The first-order valence-corrected chi connectivity index (χ1v) is 7.86. The molecule has 1 aliphatic heterocycles. The molecule has 1 aliphatic rings. The first kappa shape index (κ1) is 15.7. The molecule has 0 radical (unpaired) electrons. The van der Waals surface area contributed by atoms with Crippen LogP contribution < -0.4 is 9.47 Å². The summed E-state index contributed by atoms with van der Waals surface area (Å²) in [6.45, 7) is 4.05. The Kier molecular flexibility index (Phi) is 4.44. The molecule has 0 saturated heterocycles. The first-order chi connectivity index (χ1) is 11.1. The third kappa shape index (κ3) is 3.13. The number of halogens is 1. The summed E-state index contributed by atoms with van der Waals surface area (Å²) in [4.78, 5) is 12.1. The van der Waals surface area contributed by atoms with E-state index in [1.165, 1.54) is 0 Å². The van der Waals surface area contributed by atoms with Gasteiger partial charge in [-0.2, -0.15) is 0 Å². The minimum absolute atomic E-state index is 0.0167. The van der Waals surface area contributed by atoms with Crippen LogP contribution in [0, 0.1) is 0 Å². The summed E-state index contributed by atoms with van der Waals surface area (Å²) in [6, 6.07) is 12.9. The van der Waals surface area contributed by atoms with Gasteiger partial charge in [0.1, 0.15) is 11.5 Å². The summed E-state index contributed by atoms with van der Waals surface area (Å²) in [5.74, 6) is 0.624. The Bertz CT molecular complexity index is 729. The number of benzene rings is 2. The van der Waals surface area contributed by atoms with Crippen LogP contribution in [0.2, 0.25) is 5.02 Å². The van der Waals surface area contributed by atoms with Gasteiger partial charge in [-0.1, -0.05) is 36.7 Å². The van der Waals surface area contributed by atoms with Crippen LogP contribution in [-0.2, 0) is 9.53 Å². The highest BCUT2D eigenvalue weighted by atomic mass is 35.5. The fourth-order valence-electron chi connectivity index (χ4n) is 2.64. The minimum Gasteiger partial charge on any atom is -0.460 e. The van der Waals surface area contributed by atoms with E-state index in [2.05, 4.69) is 0 Å². The normalized spacial score (nSPS) is 19.3. The van der Waals surface area contributed by atoms with Gasteiger partial charge in [0.15, 0.2) is 0 Å². The number of fused-ring (bicyclic) bond motifs is 2.